The summed E-state index contributed by atoms with van der Waals surface area (Å²) >= 11 is 0. The Hall–Kier alpha value is -0.780. The van der Waals surface area contributed by atoms with E-state index in [-0.39, 0.29) is 0 Å². The molecular weight excluding hydrogens is 132 g/mol. The van der Waals surface area contributed by atoms with Crippen LogP contribution in [0.25, 0.3) is 0 Å². The van der Waals surface area contributed by atoms with Gasteiger partial charge in [0.1, 0.15) is 0 Å². The Balaban J connectivity index is 2.35. The third kappa shape index (κ3) is 4.60. The summed E-state index contributed by atoms with van der Waals surface area (Å²) < 4.78 is 0. The van der Waals surface area contributed by atoms with Crippen molar-refractivity contribution in [2.45, 2.75) is 32.1 Å². The minimum absolute atomic E-state index is 1.09. The van der Waals surface area contributed by atoms with Gasteiger partial charge in [-0.3, -0.25) is 0 Å². The maximum absolute atomic E-state index is 2.29. The maximum Gasteiger partial charge on any atom is -0.0166 e. The van der Waals surface area contributed by atoms with Crippen molar-refractivity contribution in [3.05, 3.63) is 36.5 Å². The van der Waals surface area contributed by atoms with E-state index in [0.29, 0.717) is 0 Å². The number of allylic oxidation sites excluding steroid dienone is 6. The molecule has 0 heterocycles. The minimum Gasteiger partial charge on any atom is -0.0882 e. The van der Waals surface area contributed by atoms with Crippen molar-refractivity contribution < 1.29 is 0 Å². The molecule has 0 aromatic heterocycles. The molecule has 0 spiro atoms. The molecule has 60 valence electrons. The fourth-order valence-corrected chi connectivity index (χ4v) is 1.15. The minimum atomic E-state index is 1.09. The van der Waals surface area contributed by atoms with Gasteiger partial charge in [-0.25, -0.2) is 0 Å². The molecule has 1 aliphatic carbocycles. The largest absolute Gasteiger partial charge is 0.0882 e. The fourth-order valence-electron chi connectivity index (χ4n) is 1.15. The fraction of sp³-hybridized carbons (Fsp3) is 0.455. The van der Waals surface area contributed by atoms with Crippen LogP contribution in [0.1, 0.15) is 32.1 Å². The summed E-state index contributed by atoms with van der Waals surface area (Å²) in [5.41, 5.74) is 0. The average molecular weight is 148 g/mol. The summed E-state index contributed by atoms with van der Waals surface area (Å²) in [5.74, 6) is 0. The molecule has 0 radical (unpaired) electrons. The molecule has 1 aliphatic rings. The Kier molecular flexibility index (Phi) is 4.51. The van der Waals surface area contributed by atoms with Gasteiger partial charge in [0.05, 0.1) is 0 Å². The lowest BCUT2D eigenvalue weighted by atomic mass is 10.2. The Labute approximate surface area is 69.3 Å². The molecule has 0 atom stereocenters. The molecule has 0 heteroatoms. The van der Waals surface area contributed by atoms with Crippen LogP contribution in [0.3, 0.4) is 0 Å². The van der Waals surface area contributed by atoms with Gasteiger partial charge in [-0.05, 0) is 32.1 Å². The molecule has 0 saturated carbocycles. The Bertz CT molecular complexity index is 161. The predicted molar refractivity (Wildman–Crippen MR) is 50.5 cm³/mol. The van der Waals surface area contributed by atoms with E-state index in [4.69, 9.17) is 0 Å². The van der Waals surface area contributed by atoms with E-state index in [0.717, 1.165) is 6.42 Å². The first-order valence-electron chi connectivity index (χ1n) is 4.47. The Morgan fingerprint density at radius 1 is 0.636 bits per heavy atom. The van der Waals surface area contributed by atoms with Crippen LogP contribution in [0.2, 0.25) is 0 Å². The second-order valence-electron chi connectivity index (χ2n) is 2.85. The van der Waals surface area contributed by atoms with E-state index in [2.05, 4.69) is 36.5 Å². The zero-order valence-electron chi connectivity index (χ0n) is 7.00. The molecule has 0 aliphatic heterocycles. The topological polar surface area (TPSA) is 0 Å². The highest BCUT2D eigenvalue weighted by atomic mass is 13.9. The first-order chi connectivity index (χ1) is 5.50. The van der Waals surface area contributed by atoms with Gasteiger partial charge in [0, 0.05) is 0 Å². The van der Waals surface area contributed by atoms with Gasteiger partial charge in [-0.1, -0.05) is 36.5 Å². The second kappa shape index (κ2) is 5.96. The van der Waals surface area contributed by atoms with Crippen molar-refractivity contribution in [3.63, 3.8) is 0 Å². The van der Waals surface area contributed by atoms with E-state index < -0.39 is 0 Å². The molecule has 11 heavy (non-hydrogen) atoms. The molecule has 0 N–H and O–H groups in total. The predicted octanol–water partition coefficient (Wildman–Crippen LogP) is 3.62. The summed E-state index contributed by atoms with van der Waals surface area (Å²) in [6.45, 7) is 0. The van der Waals surface area contributed by atoms with E-state index in [1.54, 1.807) is 0 Å². The van der Waals surface area contributed by atoms with Gasteiger partial charge in [0.25, 0.3) is 0 Å². The smallest absolute Gasteiger partial charge is 0.0166 e. The van der Waals surface area contributed by atoms with Crippen molar-refractivity contribution in [3.8, 4) is 0 Å². The van der Waals surface area contributed by atoms with E-state index in [9.17, 15) is 0 Å². The number of rotatable bonds is 0. The van der Waals surface area contributed by atoms with Crippen molar-refractivity contribution in [2.24, 2.45) is 0 Å². The third-order valence-electron chi connectivity index (χ3n) is 1.81. The standard InChI is InChI=1S/C11H16/c1-2-4-6-8-10-11-9-7-5-3-1/h1-4,7,9H,5-6,8,10-11H2/b3-1-,4-2-,9-7-. The molecule has 0 fully saturated rings. The molecule has 0 bridgehead atoms. The van der Waals surface area contributed by atoms with Crippen molar-refractivity contribution >= 4 is 0 Å². The summed E-state index contributed by atoms with van der Waals surface area (Å²) in [4.78, 5) is 0. The highest BCUT2D eigenvalue weighted by molar-refractivity contribution is 5.05. The van der Waals surface area contributed by atoms with Crippen molar-refractivity contribution in [1.29, 1.82) is 0 Å². The highest BCUT2D eigenvalue weighted by Gasteiger charge is 1.83. The van der Waals surface area contributed by atoms with E-state index in [1.807, 2.05) is 0 Å². The molecule has 0 aromatic carbocycles. The van der Waals surface area contributed by atoms with Crippen LogP contribution in [-0.2, 0) is 0 Å². The van der Waals surface area contributed by atoms with Gasteiger partial charge >= 0.3 is 0 Å². The summed E-state index contributed by atoms with van der Waals surface area (Å²) in [7, 11) is 0. The second-order valence-corrected chi connectivity index (χ2v) is 2.85. The van der Waals surface area contributed by atoms with Crippen molar-refractivity contribution in [2.75, 3.05) is 0 Å². The molecule has 0 aromatic rings. The summed E-state index contributed by atoms with van der Waals surface area (Å²) in [6, 6.07) is 0. The quantitative estimate of drug-likeness (QED) is 0.460. The van der Waals surface area contributed by atoms with Gasteiger partial charge in [0.2, 0.25) is 0 Å². The monoisotopic (exact) mass is 148 g/mol. The third-order valence-corrected chi connectivity index (χ3v) is 1.81. The highest BCUT2D eigenvalue weighted by Crippen LogP contribution is 2.03. The van der Waals surface area contributed by atoms with Gasteiger partial charge < -0.3 is 0 Å². The van der Waals surface area contributed by atoms with Crippen LogP contribution in [-0.4, -0.2) is 0 Å². The first-order valence-corrected chi connectivity index (χ1v) is 4.47. The van der Waals surface area contributed by atoms with Crippen LogP contribution in [0, 0.1) is 0 Å². The lowest BCUT2D eigenvalue weighted by molar-refractivity contribution is 0.761. The normalized spacial score (nSPS) is 28.4. The van der Waals surface area contributed by atoms with Gasteiger partial charge in [0.15, 0.2) is 0 Å². The van der Waals surface area contributed by atoms with Crippen LogP contribution < -0.4 is 0 Å². The van der Waals surface area contributed by atoms with Crippen LogP contribution in [0.15, 0.2) is 36.5 Å². The summed E-state index contributed by atoms with van der Waals surface area (Å²) in [6.07, 6.45) is 19.5. The maximum atomic E-state index is 2.29. The van der Waals surface area contributed by atoms with Crippen LogP contribution in [0.4, 0.5) is 0 Å². The Morgan fingerprint density at radius 2 is 1.36 bits per heavy atom. The molecule has 0 saturated heterocycles. The molecule has 1 rings (SSSR count). The molecular formula is C11H16. The van der Waals surface area contributed by atoms with E-state index >= 15 is 0 Å². The molecule has 0 unspecified atom stereocenters. The number of hydrogen-bond acceptors (Lipinski definition) is 0. The Morgan fingerprint density at radius 3 is 2.27 bits per heavy atom. The number of hydrogen-bond donors (Lipinski definition) is 0. The SMILES string of the molecule is C1=C\C/C=C\CCCC\C=C/1. The van der Waals surface area contributed by atoms with Gasteiger partial charge in [-0.15, -0.1) is 0 Å². The average Bonchev–Trinajstić information content (AvgIpc) is 2.08. The van der Waals surface area contributed by atoms with Crippen LogP contribution in [0.5, 0.6) is 0 Å². The zero-order valence-corrected chi connectivity index (χ0v) is 7.00. The van der Waals surface area contributed by atoms with Crippen LogP contribution >= 0.6 is 0 Å². The molecule has 0 nitrogen and oxygen atoms in total. The van der Waals surface area contributed by atoms with Gasteiger partial charge in [-0.2, -0.15) is 0 Å². The molecule has 0 amide bonds. The van der Waals surface area contributed by atoms with Crippen molar-refractivity contribution in [1.82, 2.24) is 0 Å². The lowest BCUT2D eigenvalue weighted by Gasteiger charge is -1.90. The lowest BCUT2D eigenvalue weighted by Crippen LogP contribution is -1.71. The first kappa shape index (κ1) is 8.32. The summed E-state index contributed by atoms with van der Waals surface area (Å²) in [5, 5.41) is 0. The van der Waals surface area contributed by atoms with E-state index in [1.165, 1.54) is 25.7 Å². The zero-order chi connectivity index (χ0) is 7.78.